The predicted octanol–water partition coefficient (Wildman–Crippen LogP) is -1.84. The van der Waals surface area contributed by atoms with Gasteiger partial charge in [0.05, 0.1) is 13.2 Å². The first kappa shape index (κ1) is 47.6. The van der Waals surface area contributed by atoms with Crippen molar-refractivity contribution in [2.75, 3.05) is 26.2 Å². The van der Waals surface area contributed by atoms with Crippen LogP contribution in [0.15, 0.2) is 54.6 Å². The van der Waals surface area contributed by atoms with Crippen LogP contribution in [0.4, 0.5) is 0 Å². The number of carboxylic acid groups (broad SMARTS) is 1. The number of benzene rings is 2. The number of hydrogen-bond donors (Lipinski definition) is 11. The summed E-state index contributed by atoms with van der Waals surface area (Å²) >= 11 is 0. The fourth-order valence-corrected chi connectivity index (χ4v) is 6.74. The molecule has 0 bridgehead atoms. The van der Waals surface area contributed by atoms with Crippen molar-refractivity contribution in [1.82, 2.24) is 26.2 Å². The van der Waals surface area contributed by atoms with E-state index in [9.17, 15) is 52.8 Å². The molecule has 0 radical (unpaired) electrons. The van der Waals surface area contributed by atoms with Gasteiger partial charge in [-0.25, -0.2) is 13.9 Å². The Balaban J connectivity index is 1.90. The van der Waals surface area contributed by atoms with Crippen LogP contribution in [-0.2, 0) is 55.3 Å². The van der Waals surface area contributed by atoms with Gasteiger partial charge in [-0.05, 0) is 61.9 Å². The lowest BCUT2D eigenvalue weighted by Crippen LogP contribution is -2.59. The minimum Gasteiger partial charge on any atom is -0.480 e. The van der Waals surface area contributed by atoms with Gasteiger partial charge in [0.2, 0.25) is 29.5 Å². The van der Waals surface area contributed by atoms with Gasteiger partial charge < -0.3 is 57.1 Å². The van der Waals surface area contributed by atoms with Crippen LogP contribution in [0.1, 0.15) is 43.2 Å². The van der Waals surface area contributed by atoms with E-state index in [0.29, 0.717) is 24.0 Å². The molecule has 22 nitrogen and oxygen atoms in total. The van der Waals surface area contributed by atoms with Crippen molar-refractivity contribution in [3.63, 3.8) is 0 Å². The van der Waals surface area contributed by atoms with Crippen LogP contribution >= 0.6 is 15.6 Å². The molecule has 2 aromatic rings. The number of hydrogen-bond acceptors (Lipinski definition) is 12. The zero-order valence-corrected chi connectivity index (χ0v) is 33.0. The number of phosphoric ester groups is 2. The molecule has 1 saturated heterocycles. The van der Waals surface area contributed by atoms with Crippen molar-refractivity contribution in [3.8, 4) is 5.75 Å². The average molecular weight is 858 g/mol. The number of nitrogens with one attached hydrogen (secondary N) is 4. The van der Waals surface area contributed by atoms with E-state index in [-0.39, 0.29) is 50.9 Å². The van der Waals surface area contributed by atoms with Crippen molar-refractivity contribution in [2.24, 2.45) is 11.5 Å². The van der Waals surface area contributed by atoms with E-state index < -0.39 is 94.5 Å². The average Bonchev–Trinajstić information content (AvgIpc) is 3.66. The highest BCUT2D eigenvalue weighted by atomic mass is 31.2. The number of nitrogens with zero attached hydrogens (tertiary/aromatic N) is 1. The fourth-order valence-electron chi connectivity index (χ4n) is 6.00. The SMILES string of the molecule is NCCCC[C@H](NC(=O)[C@H](Cc1ccc(OP(=O)(O)O)cc1)NC(=O)[C@@H]1CCCN1C(=O)[C@H](COP(=O)(O)O)NC(=O)CN)C(=O)N[C@@H](Cc1ccccc1)C(=O)O. The van der Waals surface area contributed by atoms with Crippen molar-refractivity contribution in [1.29, 1.82) is 0 Å². The standard InChI is InChI=1S/C34H49N7O15P2/c35-15-5-4-9-24(30(43)40-26(34(47)48)18-21-7-2-1-3-8-21)38-31(44)25(17-22-11-13-23(14-12-22)56-58(52,53)54)39-32(45)28-10-6-16-41(28)33(46)27(37-29(42)19-36)20-55-57(49,50)51/h1-3,7-8,11-14,24-28H,4-6,9-10,15-20,35-36H2,(H,37,42)(H,38,44)(H,39,45)(H,40,43)(H,47,48)(H2,49,50,51)(H2,52,53,54)/t24-,25-,26-,27-,28-/m0/s1. The molecule has 1 heterocycles. The number of amides is 5. The minimum atomic E-state index is -5.10. The van der Waals surface area contributed by atoms with E-state index >= 15 is 0 Å². The zero-order chi connectivity index (χ0) is 43.0. The summed E-state index contributed by atoms with van der Waals surface area (Å²) in [5.74, 6) is -5.91. The van der Waals surface area contributed by atoms with Gasteiger partial charge in [-0.1, -0.05) is 42.5 Å². The third-order valence-corrected chi connectivity index (χ3v) is 9.70. The molecule has 0 aromatic heterocycles. The summed E-state index contributed by atoms with van der Waals surface area (Å²) in [6, 6.07) is 6.60. The van der Waals surface area contributed by atoms with Crippen LogP contribution < -0.4 is 37.3 Å². The second kappa shape index (κ2) is 22.4. The van der Waals surface area contributed by atoms with Gasteiger partial charge in [-0.2, -0.15) is 0 Å². The van der Waals surface area contributed by atoms with Crippen LogP contribution in [0, 0.1) is 0 Å². The maximum Gasteiger partial charge on any atom is 0.524 e. The summed E-state index contributed by atoms with van der Waals surface area (Å²) in [5, 5.41) is 19.8. The molecule has 1 aliphatic heterocycles. The van der Waals surface area contributed by atoms with Crippen LogP contribution in [0.2, 0.25) is 0 Å². The molecule has 2 aromatic carbocycles. The largest absolute Gasteiger partial charge is 0.524 e. The smallest absolute Gasteiger partial charge is 0.480 e. The Morgan fingerprint density at radius 2 is 1.36 bits per heavy atom. The van der Waals surface area contributed by atoms with Crippen LogP contribution in [0.25, 0.3) is 0 Å². The molecule has 0 unspecified atom stereocenters. The molecule has 1 fully saturated rings. The zero-order valence-electron chi connectivity index (χ0n) is 31.2. The van der Waals surface area contributed by atoms with Gasteiger partial charge in [-0.15, -0.1) is 0 Å². The Morgan fingerprint density at radius 3 is 1.95 bits per heavy atom. The fraction of sp³-hybridized carbons (Fsp3) is 0.471. The van der Waals surface area contributed by atoms with Crippen LogP contribution in [0.3, 0.4) is 0 Å². The first-order valence-electron chi connectivity index (χ1n) is 18.0. The van der Waals surface area contributed by atoms with E-state index in [1.54, 1.807) is 30.3 Å². The van der Waals surface area contributed by atoms with Gasteiger partial charge in [0, 0.05) is 19.4 Å². The molecule has 0 spiro atoms. The topological polar surface area (TPSA) is 360 Å². The number of carboxylic acids is 1. The number of nitrogens with two attached hydrogens (primary N) is 2. The lowest BCUT2D eigenvalue weighted by molar-refractivity contribution is -0.143. The van der Waals surface area contributed by atoms with Crippen molar-refractivity contribution in [3.05, 3.63) is 65.7 Å². The van der Waals surface area contributed by atoms with E-state index in [0.717, 1.165) is 4.90 Å². The molecule has 0 aliphatic carbocycles. The highest BCUT2D eigenvalue weighted by Crippen LogP contribution is 2.37. The molecule has 13 N–H and O–H groups in total. The van der Waals surface area contributed by atoms with Crippen LogP contribution in [0.5, 0.6) is 5.75 Å². The third kappa shape index (κ3) is 16.2. The van der Waals surface area contributed by atoms with Crippen molar-refractivity contribution >= 4 is 51.2 Å². The Kier molecular flexibility index (Phi) is 18.4. The Bertz CT molecular complexity index is 1830. The molecule has 58 heavy (non-hydrogen) atoms. The van der Waals surface area contributed by atoms with Crippen molar-refractivity contribution in [2.45, 2.75) is 75.2 Å². The molecular formula is C34H49N7O15P2. The maximum atomic E-state index is 14.1. The van der Waals surface area contributed by atoms with Gasteiger partial charge in [0.25, 0.3) is 0 Å². The first-order valence-corrected chi connectivity index (χ1v) is 21.1. The molecule has 3 rings (SSSR count). The summed E-state index contributed by atoms with van der Waals surface area (Å²) in [5.41, 5.74) is 12.0. The first-order chi connectivity index (χ1) is 27.3. The molecule has 24 heteroatoms. The van der Waals surface area contributed by atoms with Crippen molar-refractivity contribution < 1.29 is 71.6 Å². The molecule has 0 saturated carbocycles. The highest BCUT2D eigenvalue weighted by molar-refractivity contribution is 7.46. The van der Waals surface area contributed by atoms with Gasteiger partial charge in [0.15, 0.2) is 0 Å². The Morgan fingerprint density at radius 1 is 0.759 bits per heavy atom. The number of likely N-dealkylation sites (tertiary alicyclic amines) is 1. The molecule has 5 amide bonds. The number of carbonyl (C=O) groups excluding carboxylic acids is 5. The Hall–Kier alpha value is -4.76. The maximum absolute atomic E-state index is 14.1. The number of rotatable bonds is 23. The molecule has 320 valence electrons. The van der Waals surface area contributed by atoms with Gasteiger partial charge in [-0.3, -0.25) is 38.3 Å². The third-order valence-electron chi connectivity index (χ3n) is 8.76. The number of phosphoric acid groups is 2. The number of carbonyl (C=O) groups is 6. The van der Waals surface area contributed by atoms with E-state index in [4.69, 9.17) is 21.3 Å². The predicted molar refractivity (Wildman–Crippen MR) is 203 cm³/mol. The monoisotopic (exact) mass is 857 g/mol. The summed E-state index contributed by atoms with van der Waals surface area (Å²) in [7, 11) is -10.0. The van der Waals surface area contributed by atoms with Crippen LogP contribution in [-0.4, -0.2) is 122 Å². The minimum absolute atomic E-state index is 0.0268. The van der Waals surface area contributed by atoms with Gasteiger partial charge in [0.1, 0.15) is 36.0 Å². The summed E-state index contributed by atoms with van der Waals surface area (Å²) in [6.45, 7) is -1.32. The second-order valence-electron chi connectivity index (χ2n) is 13.2. The Labute approximate surface area is 332 Å². The second-order valence-corrected chi connectivity index (χ2v) is 15.6. The number of aliphatic carboxylic acids is 1. The quantitative estimate of drug-likeness (QED) is 0.0432. The molecular weight excluding hydrogens is 808 g/mol. The molecule has 1 aliphatic rings. The normalized spacial score (nSPS) is 16.3. The van der Waals surface area contributed by atoms with Gasteiger partial charge >= 0.3 is 21.6 Å². The highest BCUT2D eigenvalue weighted by Gasteiger charge is 2.40. The lowest BCUT2D eigenvalue weighted by atomic mass is 10.0. The summed E-state index contributed by atoms with van der Waals surface area (Å²) in [4.78, 5) is 117. The summed E-state index contributed by atoms with van der Waals surface area (Å²) in [6.07, 6.45) is 0.824. The van der Waals surface area contributed by atoms with E-state index in [1.165, 1.54) is 24.3 Å². The number of unbranched alkanes of at least 4 members (excludes halogenated alkanes) is 1. The summed E-state index contributed by atoms with van der Waals surface area (Å²) < 4.78 is 31.7. The van der Waals surface area contributed by atoms with E-state index in [1.807, 2.05) is 0 Å². The lowest BCUT2D eigenvalue weighted by Gasteiger charge is -2.30. The molecule has 5 atom stereocenters. The van der Waals surface area contributed by atoms with E-state index in [2.05, 4.69) is 30.3 Å².